The van der Waals surface area contributed by atoms with Gasteiger partial charge in [-0.15, -0.1) is 0 Å². The number of benzene rings is 2. The van der Waals surface area contributed by atoms with Crippen molar-refractivity contribution >= 4 is 0 Å². The minimum Gasteiger partial charge on any atom is -0.384 e. The Morgan fingerprint density at radius 1 is 1.05 bits per heavy atom. The fraction of sp³-hybridized carbons (Fsp3) is 0.200. The summed E-state index contributed by atoms with van der Waals surface area (Å²) in [7, 11) is 0. The molecular formula is C15H12F4O. The van der Waals surface area contributed by atoms with Gasteiger partial charge in [0.25, 0.3) is 0 Å². The molecule has 2 rings (SSSR count). The monoisotopic (exact) mass is 284 g/mol. The Bertz CT molecular complexity index is 620. The second-order valence-electron chi connectivity index (χ2n) is 4.55. The lowest BCUT2D eigenvalue weighted by atomic mass is 9.95. The van der Waals surface area contributed by atoms with Crippen LogP contribution in [0.4, 0.5) is 17.6 Å². The van der Waals surface area contributed by atoms with Crippen molar-refractivity contribution in [3.63, 3.8) is 0 Å². The molecule has 0 saturated carbocycles. The fourth-order valence-electron chi connectivity index (χ4n) is 2.03. The van der Waals surface area contributed by atoms with E-state index in [1.54, 1.807) is 25.1 Å². The third-order valence-electron chi connectivity index (χ3n) is 2.97. The first kappa shape index (κ1) is 14.5. The van der Waals surface area contributed by atoms with Crippen LogP contribution in [0.5, 0.6) is 0 Å². The molecule has 0 fully saturated rings. The summed E-state index contributed by atoms with van der Waals surface area (Å²) in [6, 6.07) is 8.80. The van der Waals surface area contributed by atoms with Crippen molar-refractivity contribution in [2.75, 3.05) is 0 Å². The van der Waals surface area contributed by atoms with Crippen LogP contribution < -0.4 is 0 Å². The highest BCUT2D eigenvalue weighted by Crippen LogP contribution is 2.37. The van der Waals surface area contributed by atoms with Gasteiger partial charge in [0.15, 0.2) is 0 Å². The maximum atomic E-state index is 13.0. The topological polar surface area (TPSA) is 20.2 Å². The van der Waals surface area contributed by atoms with Gasteiger partial charge in [-0.25, -0.2) is 4.39 Å². The molecule has 1 N–H and O–H groups in total. The molecular weight excluding hydrogens is 272 g/mol. The van der Waals surface area contributed by atoms with E-state index in [0.717, 1.165) is 17.7 Å². The molecule has 1 nitrogen and oxygen atoms in total. The molecule has 106 valence electrons. The molecule has 0 aliphatic heterocycles. The quantitative estimate of drug-likeness (QED) is 0.818. The van der Waals surface area contributed by atoms with E-state index in [-0.39, 0.29) is 5.56 Å². The van der Waals surface area contributed by atoms with Gasteiger partial charge in [0.1, 0.15) is 11.9 Å². The summed E-state index contributed by atoms with van der Waals surface area (Å²) in [5.74, 6) is -0.988. The third kappa shape index (κ3) is 2.99. The predicted octanol–water partition coefficient (Wildman–Crippen LogP) is 4.23. The highest BCUT2D eigenvalue weighted by atomic mass is 19.4. The van der Waals surface area contributed by atoms with E-state index in [0.29, 0.717) is 11.6 Å². The van der Waals surface area contributed by atoms with E-state index >= 15 is 0 Å². The molecule has 2 aromatic carbocycles. The first-order valence-electron chi connectivity index (χ1n) is 5.90. The number of hydrogen-bond acceptors (Lipinski definition) is 1. The second kappa shape index (κ2) is 5.25. The average molecular weight is 284 g/mol. The summed E-state index contributed by atoms with van der Waals surface area (Å²) >= 11 is 0. The smallest absolute Gasteiger partial charge is 0.384 e. The van der Waals surface area contributed by atoms with E-state index in [9.17, 15) is 22.7 Å². The van der Waals surface area contributed by atoms with Gasteiger partial charge in [0, 0.05) is 0 Å². The van der Waals surface area contributed by atoms with Gasteiger partial charge in [0.05, 0.1) is 5.56 Å². The van der Waals surface area contributed by atoms with Crippen molar-refractivity contribution in [2.45, 2.75) is 19.2 Å². The van der Waals surface area contributed by atoms with Gasteiger partial charge in [-0.05, 0) is 30.2 Å². The molecule has 1 atom stereocenters. The molecule has 2 aromatic rings. The Morgan fingerprint density at radius 3 is 2.35 bits per heavy atom. The molecule has 0 radical (unpaired) electrons. The first-order valence-corrected chi connectivity index (χ1v) is 5.90. The van der Waals surface area contributed by atoms with Crippen LogP contribution in [0.25, 0.3) is 0 Å². The van der Waals surface area contributed by atoms with Crippen molar-refractivity contribution in [1.29, 1.82) is 0 Å². The van der Waals surface area contributed by atoms with E-state index in [1.165, 1.54) is 6.07 Å². The van der Waals surface area contributed by atoms with Crippen molar-refractivity contribution in [2.24, 2.45) is 0 Å². The van der Waals surface area contributed by atoms with Crippen molar-refractivity contribution in [1.82, 2.24) is 0 Å². The van der Waals surface area contributed by atoms with Crippen LogP contribution in [0.3, 0.4) is 0 Å². The van der Waals surface area contributed by atoms with Crippen LogP contribution in [0.15, 0.2) is 42.5 Å². The molecule has 0 saturated heterocycles. The van der Waals surface area contributed by atoms with E-state index in [1.807, 2.05) is 0 Å². The lowest BCUT2D eigenvalue weighted by molar-refractivity contribution is -0.139. The van der Waals surface area contributed by atoms with Gasteiger partial charge in [-0.2, -0.15) is 13.2 Å². The molecule has 0 aromatic heterocycles. The highest BCUT2D eigenvalue weighted by molar-refractivity contribution is 5.38. The van der Waals surface area contributed by atoms with Crippen molar-refractivity contribution in [3.8, 4) is 0 Å². The lowest BCUT2D eigenvalue weighted by Crippen LogP contribution is -2.13. The van der Waals surface area contributed by atoms with Gasteiger partial charge in [0.2, 0.25) is 0 Å². The van der Waals surface area contributed by atoms with Crippen molar-refractivity contribution < 1.29 is 22.7 Å². The Kier molecular flexibility index (Phi) is 3.81. The fourth-order valence-corrected chi connectivity index (χ4v) is 2.03. The van der Waals surface area contributed by atoms with Crippen molar-refractivity contribution in [3.05, 3.63) is 70.5 Å². The largest absolute Gasteiger partial charge is 0.416 e. The molecule has 0 amide bonds. The number of halogens is 4. The van der Waals surface area contributed by atoms with Crippen LogP contribution in [-0.4, -0.2) is 5.11 Å². The summed E-state index contributed by atoms with van der Waals surface area (Å²) < 4.78 is 51.7. The zero-order valence-electron chi connectivity index (χ0n) is 10.6. The molecule has 0 aliphatic carbocycles. The molecule has 0 spiro atoms. The number of rotatable bonds is 2. The summed E-state index contributed by atoms with van der Waals surface area (Å²) in [6.07, 6.45) is -6.17. The maximum Gasteiger partial charge on any atom is 0.416 e. The minimum absolute atomic E-state index is 0.335. The zero-order chi connectivity index (χ0) is 14.9. The molecule has 5 heteroatoms. The predicted molar refractivity (Wildman–Crippen MR) is 66.6 cm³/mol. The van der Waals surface area contributed by atoms with Crippen LogP contribution >= 0.6 is 0 Å². The third-order valence-corrected chi connectivity index (χ3v) is 2.97. The van der Waals surface area contributed by atoms with Crippen LogP contribution in [0.2, 0.25) is 0 Å². The summed E-state index contributed by atoms with van der Waals surface area (Å²) in [6.45, 7) is 1.77. The number of alkyl halides is 3. The van der Waals surface area contributed by atoms with Gasteiger partial charge >= 0.3 is 6.18 Å². The zero-order valence-corrected chi connectivity index (χ0v) is 10.6. The molecule has 20 heavy (non-hydrogen) atoms. The second-order valence-corrected chi connectivity index (χ2v) is 4.55. The molecule has 0 heterocycles. The average Bonchev–Trinajstić information content (AvgIpc) is 2.37. The van der Waals surface area contributed by atoms with Gasteiger partial charge in [-0.3, -0.25) is 0 Å². The first-order chi connectivity index (χ1) is 9.29. The van der Waals surface area contributed by atoms with Gasteiger partial charge < -0.3 is 5.11 Å². The summed E-state index contributed by atoms with van der Waals surface area (Å²) in [4.78, 5) is 0. The maximum absolute atomic E-state index is 13.0. The van der Waals surface area contributed by atoms with E-state index in [4.69, 9.17) is 0 Å². The van der Waals surface area contributed by atoms with E-state index < -0.39 is 23.7 Å². The van der Waals surface area contributed by atoms with Gasteiger partial charge in [-0.1, -0.05) is 35.9 Å². The Balaban J connectivity index is 2.52. The standard InChI is InChI=1S/C15H12F4O/c1-9-3-2-4-10(7-9)14(20)12-6-5-11(16)8-13(12)15(17,18)19/h2-8,14,20H,1H3. The van der Waals surface area contributed by atoms with Crippen LogP contribution in [0.1, 0.15) is 28.4 Å². The minimum atomic E-state index is -4.72. The number of hydrogen-bond donors (Lipinski definition) is 1. The SMILES string of the molecule is Cc1cccc(C(O)c2ccc(F)cc2C(F)(F)F)c1. The Morgan fingerprint density at radius 2 is 1.75 bits per heavy atom. The van der Waals surface area contributed by atoms with Crippen LogP contribution in [0, 0.1) is 12.7 Å². The van der Waals surface area contributed by atoms with Crippen LogP contribution in [-0.2, 0) is 6.18 Å². The molecule has 0 aliphatic rings. The van der Waals surface area contributed by atoms with E-state index in [2.05, 4.69) is 0 Å². The highest BCUT2D eigenvalue weighted by Gasteiger charge is 2.35. The normalized spacial score (nSPS) is 13.3. The Hall–Kier alpha value is -1.88. The lowest BCUT2D eigenvalue weighted by Gasteiger charge is -2.18. The Labute approximate surface area is 113 Å². The summed E-state index contributed by atoms with van der Waals surface area (Å²) in [5.41, 5.74) is -0.365. The molecule has 1 unspecified atom stereocenters. The number of aryl methyl sites for hydroxylation is 1. The molecule has 0 bridgehead atoms. The number of aliphatic hydroxyl groups excluding tert-OH is 1. The number of aliphatic hydroxyl groups is 1. The summed E-state index contributed by atoms with van der Waals surface area (Å²) in [5, 5.41) is 10.1.